The standard InChI is InChI=1S/C17H19F2N3O3S/c1-21(2)4-3-5-22(16(23)13-10-24-6-7-25-13)17-20-15-12(19)8-11(18)9-14(15)26-17/h8-10H,3-7H2,1-2H3. The molecule has 1 aliphatic heterocycles. The van der Waals surface area contributed by atoms with Crippen molar-refractivity contribution in [3.63, 3.8) is 0 Å². The molecule has 0 bridgehead atoms. The lowest BCUT2D eigenvalue weighted by molar-refractivity contribution is -0.119. The number of rotatable bonds is 6. The highest BCUT2D eigenvalue weighted by atomic mass is 32.1. The molecule has 0 saturated carbocycles. The van der Waals surface area contributed by atoms with Crippen molar-refractivity contribution in [2.24, 2.45) is 0 Å². The van der Waals surface area contributed by atoms with Gasteiger partial charge < -0.3 is 14.4 Å². The second kappa shape index (κ2) is 7.96. The summed E-state index contributed by atoms with van der Waals surface area (Å²) in [5, 5.41) is 0.295. The molecule has 6 nitrogen and oxygen atoms in total. The van der Waals surface area contributed by atoms with Crippen molar-refractivity contribution in [1.29, 1.82) is 0 Å². The van der Waals surface area contributed by atoms with Crippen LogP contribution < -0.4 is 4.90 Å². The maximum Gasteiger partial charge on any atom is 0.298 e. The van der Waals surface area contributed by atoms with Crippen LogP contribution in [-0.2, 0) is 14.3 Å². The van der Waals surface area contributed by atoms with E-state index < -0.39 is 17.5 Å². The third-order valence-corrected chi connectivity index (χ3v) is 4.75. The molecule has 1 amide bonds. The van der Waals surface area contributed by atoms with Gasteiger partial charge in [-0.25, -0.2) is 13.8 Å². The molecule has 0 atom stereocenters. The van der Waals surface area contributed by atoms with Gasteiger partial charge in [-0.3, -0.25) is 9.69 Å². The number of nitrogens with zero attached hydrogens (tertiary/aromatic N) is 3. The number of aromatic nitrogens is 1. The van der Waals surface area contributed by atoms with Crippen molar-refractivity contribution >= 4 is 32.6 Å². The predicted octanol–water partition coefficient (Wildman–Crippen LogP) is 2.75. The number of hydrogen-bond donors (Lipinski definition) is 0. The van der Waals surface area contributed by atoms with Crippen molar-refractivity contribution < 1.29 is 23.0 Å². The molecule has 0 spiro atoms. The number of amides is 1. The summed E-state index contributed by atoms with van der Waals surface area (Å²) in [5.74, 6) is -1.77. The highest BCUT2D eigenvalue weighted by Crippen LogP contribution is 2.32. The summed E-state index contributed by atoms with van der Waals surface area (Å²) in [5.41, 5.74) is 0.0478. The van der Waals surface area contributed by atoms with Crippen LogP contribution in [0.4, 0.5) is 13.9 Å². The van der Waals surface area contributed by atoms with Gasteiger partial charge >= 0.3 is 0 Å². The van der Waals surface area contributed by atoms with Crippen LogP contribution in [0.2, 0.25) is 0 Å². The SMILES string of the molecule is CN(C)CCCN(C(=O)C1=COCCO1)c1nc2c(F)cc(F)cc2s1. The average Bonchev–Trinajstić information content (AvgIpc) is 3.02. The molecule has 140 valence electrons. The molecular formula is C17H19F2N3O3S. The zero-order chi connectivity index (χ0) is 18.7. The zero-order valence-corrected chi connectivity index (χ0v) is 15.3. The molecule has 0 aliphatic carbocycles. The lowest BCUT2D eigenvalue weighted by atomic mass is 10.3. The van der Waals surface area contributed by atoms with Crippen LogP contribution in [0.3, 0.4) is 0 Å². The maximum atomic E-state index is 14.0. The van der Waals surface area contributed by atoms with Gasteiger partial charge in [-0.2, -0.15) is 0 Å². The number of ether oxygens (including phenoxy) is 2. The molecule has 1 aromatic heterocycles. The Hall–Kier alpha value is -2.26. The number of carbonyl (C=O) groups excluding carboxylic acids is 1. The van der Waals surface area contributed by atoms with Gasteiger partial charge in [0.1, 0.15) is 30.8 Å². The Morgan fingerprint density at radius 2 is 2.08 bits per heavy atom. The third-order valence-electron chi connectivity index (χ3n) is 3.72. The molecule has 3 rings (SSSR count). The van der Waals surface area contributed by atoms with Crippen molar-refractivity contribution in [3.05, 3.63) is 35.8 Å². The lowest BCUT2D eigenvalue weighted by Gasteiger charge is -2.23. The summed E-state index contributed by atoms with van der Waals surface area (Å²) in [4.78, 5) is 20.5. The van der Waals surface area contributed by atoms with Crippen molar-refractivity contribution in [3.8, 4) is 0 Å². The van der Waals surface area contributed by atoms with E-state index in [9.17, 15) is 13.6 Å². The molecule has 0 saturated heterocycles. The second-order valence-corrected chi connectivity index (χ2v) is 7.05. The Bertz CT molecular complexity index is 838. The van der Waals surface area contributed by atoms with Crippen LogP contribution in [-0.4, -0.2) is 56.2 Å². The normalized spacial score (nSPS) is 14.1. The average molecular weight is 383 g/mol. The highest BCUT2D eigenvalue weighted by Gasteiger charge is 2.26. The Kier molecular flexibility index (Phi) is 5.67. The first kappa shape index (κ1) is 18.5. The minimum atomic E-state index is -0.750. The number of hydrogen-bond acceptors (Lipinski definition) is 6. The topological polar surface area (TPSA) is 54.9 Å². The van der Waals surface area contributed by atoms with Gasteiger partial charge in [0.25, 0.3) is 5.91 Å². The first-order valence-electron chi connectivity index (χ1n) is 8.12. The summed E-state index contributed by atoms with van der Waals surface area (Å²) >= 11 is 1.06. The van der Waals surface area contributed by atoms with Crippen molar-refractivity contribution in [2.45, 2.75) is 6.42 Å². The highest BCUT2D eigenvalue weighted by molar-refractivity contribution is 7.22. The van der Waals surface area contributed by atoms with E-state index in [1.165, 1.54) is 17.2 Å². The largest absolute Gasteiger partial charge is 0.494 e. The Morgan fingerprint density at radius 3 is 2.77 bits per heavy atom. The number of benzene rings is 1. The minimum absolute atomic E-state index is 0.0478. The molecule has 26 heavy (non-hydrogen) atoms. The first-order chi connectivity index (χ1) is 12.5. The summed E-state index contributed by atoms with van der Waals surface area (Å²) < 4.78 is 38.3. The van der Waals surface area contributed by atoms with Gasteiger partial charge in [-0.05, 0) is 33.1 Å². The van der Waals surface area contributed by atoms with E-state index in [1.807, 2.05) is 19.0 Å². The fraction of sp³-hybridized carbons (Fsp3) is 0.412. The minimum Gasteiger partial charge on any atom is -0.494 e. The van der Waals surface area contributed by atoms with E-state index >= 15 is 0 Å². The van der Waals surface area contributed by atoms with E-state index in [0.717, 1.165) is 23.9 Å². The smallest absolute Gasteiger partial charge is 0.298 e. The van der Waals surface area contributed by atoms with Gasteiger partial charge in [-0.1, -0.05) is 11.3 Å². The number of fused-ring (bicyclic) bond motifs is 1. The van der Waals surface area contributed by atoms with E-state index in [2.05, 4.69) is 4.98 Å². The fourth-order valence-electron chi connectivity index (χ4n) is 2.50. The maximum absolute atomic E-state index is 14.0. The molecular weight excluding hydrogens is 364 g/mol. The first-order valence-corrected chi connectivity index (χ1v) is 8.94. The third kappa shape index (κ3) is 4.10. The van der Waals surface area contributed by atoms with Crippen LogP contribution in [0.15, 0.2) is 24.2 Å². The van der Waals surface area contributed by atoms with E-state index in [-0.39, 0.29) is 17.9 Å². The molecule has 0 fully saturated rings. The lowest BCUT2D eigenvalue weighted by Crippen LogP contribution is -2.36. The molecule has 0 N–H and O–H groups in total. The van der Waals surface area contributed by atoms with Gasteiger partial charge in [0.15, 0.2) is 10.9 Å². The van der Waals surface area contributed by atoms with Gasteiger partial charge in [-0.15, -0.1) is 0 Å². The Balaban J connectivity index is 1.92. The van der Waals surface area contributed by atoms with Crippen LogP contribution in [0.25, 0.3) is 10.2 Å². The van der Waals surface area contributed by atoms with E-state index in [0.29, 0.717) is 29.4 Å². The fourth-order valence-corrected chi connectivity index (χ4v) is 3.53. The predicted molar refractivity (Wildman–Crippen MR) is 95.0 cm³/mol. The quantitative estimate of drug-likeness (QED) is 0.768. The van der Waals surface area contributed by atoms with Crippen LogP contribution in [0.1, 0.15) is 6.42 Å². The zero-order valence-electron chi connectivity index (χ0n) is 14.5. The summed E-state index contributed by atoms with van der Waals surface area (Å²) in [6.07, 6.45) is 1.96. The molecule has 1 aliphatic rings. The Morgan fingerprint density at radius 1 is 1.27 bits per heavy atom. The molecule has 9 heteroatoms. The number of halogens is 2. The van der Waals surface area contributed by atoms with Gasteiger partial charge in [0.05, 0.1) is 4.70 Å². The molecule has 2 aromatic rings. The molecule has 2 heterocycles. The molecule has 0 unspecified atom stereocenters. The summed E-state index contributed by atoms with van der Waals surface area (Å²) in [6.45, 7) is 1.78. The second-order valence-electron chi connectivity index (χ2n) is 6.05. The number of thiazole rings is 1. The van der Waals surface area contributed by atoms with Crippen LogP contribution in [0.5, 0.6) is 0 Å². The number of carbonyl (C=O) groups is 1. The monoisotopic (exact) mass is 383 g/mol. The van der Waals surface area contributed by atoms with Gasteiger partial charge in [0.2, 0.25) is 5.76 Å². The Labute approximate surface area is 153 Å². The molecule has 0 radical (unpaired) electrons. The van der Waals surface area contributed by atoms with Crippen molar-refractivity contribution in [1.82, 2.24) is 9.88 Å². The van der Waals surface area contributed by atoms with E-state index in [4.69, 9.17) is 9.47 Å². The van der Waals surface area contributed by atoms with Crippen molar-refractivity contribution in [2.75, 3.05) is 45.3 Å². The molecule has 1 aromatic carbocycles. The van der Waals surface area contributed by atoms with Gasteiger partial charge in [0, 0.05) is 12.6 Å². The summed E-state index contributed by atoms with van der Waals surface area (Å²) in [6, 6.07) is 1.99. The number of anilines is 1. The van der Waals surface area contributed by atoms with Crippen LogP contribution in [0, 0.1) is 11.6 Å². The van der Waals surface area contributed by atoms with E-state index in [1.54, 1.807) is 0 Å². The van der Waals surface area contributed by atoms with Crippen LogP contribution >= 0.6 is 11.3 Å². The summed E-state index contributed by atoms with van der Waals surface area (Å²) in [7, 11) is 3.87.